The lowest BCUT2D eigenvalue weighted by Crippen LogP contribution is -2.40. The van der Waals surface area contributed by atoms with Crippen LogP contribution in [0.3, 0.4) is 0 Å². The summed E-state index contributed by atoms with van der Waals surface area (Å²) >= 11 is 0. The number of hydrogen-bond acceptors (Lipinski definition) is 3. The minimum atomic E-state index is -3.43. The van der Waals surface area contributed by atoms with Crippen molar-refractivity contribution in [3.63, 3.8) is 0 Å². The molecule has 0 bridgehead atoms. The molecule has 0 unspecified atom stereocenters. The Morgan fingerprint density at radius 1 is 1.25 bits per heavy atom. The van der Waals surface area contributed by atoms with Crippen LogP contribution in [0.5, 0.6) is 0 Å². The van der Waals surface area contributed by atoms with Gasteiger partial charge in [-0.05, 0) is 11.8 Å². The molecule has 1 fully saturated rings. The highest BCUT2D eigenvalue weighted by molar-refractivity contribution is 8.14. The molecule has 0 N–H and O–H groups in total. The van der Waals surface area contributed by atoms with Gasteiger partial charge in [-0.3, -0.25) is 0 Å². The minimum absolute atomic E-state index is 0.00347. The molecule has 1 aliphatic rings. The third-order valence-corrected chi connectivity index (χ3v) is 4.40. The van der Waals surface area contributed by atoms with E-state index >= 15 is 0 Å². The molecular formula is C7H13ClO3S. The van der Waals surface area contributed by atoms with Gasteiger partial charge in [-0.2, -0.15) is 0 Å². The van der Waals surface area contributed by atoms with Gasteiger partial charge in [0, 0.05) is 10.7 Å². The first-order valence-electron chi connectivity index (χ1n) is 3.94. The molecule has 0 aliphatic carbocycles. The smallest absolute Gasteiger partial charge is 0.236 e. The summed E-state index contributed by atoms with van der Waals surface area (Å²) in [7, 11) is 1.89. The van der Waals surface area contributed by atoms with E-state index in [4.69, 9.17) is 15.4 Å². The summed E-state index contributed by atoms with van der Waals surface area (Å²) in [6, 6.07) is 0. The maximum Gasteiger partial charge on any atom is 0.236 e. The van der Waals surface area contributed by atoms with E-state index in [1.165, 1.54) is 0 Å². The van der Waals surface area contributed by atoms with Gasteiger partial charge in [0.2, 0.25) is 9.05 Å². The van der Waals surface area contributed by atoms with Crippen molar-refractivity contribution in [2.24, 2.45) is 11.8 Å². The van der Waals surface area contributed by atoms with Crippen LogP contribution in [0.25, 0.3) is 0 Å². The van der Waals surface area contributed by atoms with Crippen molar-refractivity contribution in [3.05, 3.63) is 0 Å². The minimum Gasteiger partial charge on any atom is -0.381 e. The first-order chi connectivity index (χ1) is 5.43. The summed E-state index contributed by atoms with van der Waals surface area (Å²) < 4.78 is 27.4. The van der Waals surface area contributed by atoms with Gasteiger partial charge in [0.05, 0.1) is 18.5 Å². The maximum absolute atomic E-state index is 11.1. The van der Waals surface area contributed by atoms with Crippen LogP contribution in [-0.2, 0) is 13.8 Å². The molecule has 72 valence electrons. The van der Waals surface area contributed by atoms with Crippen LogP contribution in [-0.4, -0.2) is 26.9 Å². The summed E-state index contributed by atoms with van der Waals surface area (Å²) in [5.41, 5.74) is 0. The summed E-state index contributed by atoms with van der Waals surface area (Å²) in [5.74, 6) is -0.00694. The van der Waals surface area contributed by atoms with E-state index in [9.17, 15) is 8.42 Å². The summed E-state index contributed by atoms with van der Waals surface area (Å²) in [6.45, 7) is 4.67. The second-order valence-electron chi connectivity index (χ2n) is 3.43. The molecule has 0 amide bonds. The fourth-order valence-electron chi connectivity index (χ4n) is 1.75. The SMILES string of the molecule is C[C@H]1COC[C@H](C)C1S(=O)(=O)Cl. The molecule has 5 heteroatoms. The first kappa shape index (κ1) is 10.3. The Morgan fingerprint density at radius 3 is 1.92 bits per heavy atom. The predicted molar refractivity (Wildman–Crippen MR) is 47.7 cm³/mol. The highest BCUT2D eigenvalue weighted by Gasteiger charge is 2.37. The predicted octanol–water partition coefficient (Wildman–Crippen LogP) is 1.23. The van der Waals surface area contributed by atoms with Gasteiger partial charge >= 0.3 is 0 Å². The highest BCUT2D eigenvalue weighted by atomic mass is 35.7. The van der Waals surface area contributed by atoms with Crippen molar-refractivity contribution in [2.45, 2.75) is 19.1 Å². The van der Waals surface area contributed by atoms with E-state index in [1.54, 1.807) is 0 Å². The maximum atomic E-state index is 11.1. The Kier molecular flexibility index (Phi) is 3.01. The average molecular weight is 213 g/mol. The monoisotopic (exact) mass is 212 g/mol. The van der Waals surface area contributed by atoms with E-state index in [0.717, 1.165) is 0 Å². The van der Waals surface area contributed by atoms with Crippen LogP contribution in [0, 0.1) is 11.8 Å². The van der Waals surface area contributed by atoms with Gasteiger partial charge < -0.3 is 4.74 Å². The number of hydrogen-bond donors (Lipinski definition) is 0. The second kappa shape index (κ2) is 3.52. The topological polar surface area (TPSA) is 43.4 Å². The molecule has 1 heterocycles. The Hall–Kier alpha value is 0.200. The molecule has 12 heavy (non-hydrogen) atoms. The largest absolute Gasteiger partial charge is 0.381 e. The Morgan fingerprint density at radius 2 is 1.67 bits per heavy atom. The van der Waals surface area contributed by atoms with Crippen LogP contribution in [0.2, 0.25) is 0 Å². The molecule has 2 atom stereocenters. The Balaban J connectivity index is 2.84. The van der Waals surface area contributed by atoms with Crippen LogP contribution < -0.4 is 0 Å². The van der Waals surface area contributed by atoms with E-state index in [-0.39, 0.29) is 11.8 Å². The molecule has 0 aromatic rings. The van der Waals surface area contributed by atoms with Crippen molar-refractivity contribution in [2.75, 3.05) is 13.2 Å². The molecule has 1 saturated heterocycles. The van der Waals surface area contributed by atoms with Crippen LogP contribution >= 0.6 is 10.7 Å². The van der Waals surface area contributed by atoms with Crippen molar-refractivity contribution in [1.82, 2.24) is 0 Å². The van der Waals surface area contributed by atoms with Crippen LogP contribution in [0.4, 0.5) is 0 Å². The fraction of sp³-hybridized carbons (Fsp3) is 1.00. The number of rotatable bonds is 1. The molecule has 0 aromatic carbocycles. The van der Waals surface area contributed by atoms with Gasteiger partial charge in [-0.15, -0.1) is 0 Å². The lowest BCUT2D eigenvalue weighted by atomic mass is 9.95. The van der Waals surface area contributed by atoms with Gasteiger partial charge in [0.1, 0.15) is 0 Å². The second-order valence-corrected chi connectivity index (χ2v) is 6.22. The summed E-state index contributed by atoms with van der Waals surface area (Å²) in [6.07, 6.45) is 0. The van der Waals surface area contributed by atoms with E-state index in [1.807, 2.05) is 13.8 Å². The van der Waals surface area contributed by atoms with Gasteiger partial charge in [0.25, 0.3) is 0 Å². The highest BCUT2D eigenvalue weighted by Crippen LogP contribution is 2.28. The van der Waals surface area contributed by atoms with Crippen molar-refractivity contribution in [3.8, 4) is 0 Å². The third kappa shape index (κ3) is 2.12. The van der Waals surface area contributed by atoms with Gasteiger partial charge in [0.15, 0.2) is 0 Å². The third-order valence-electron chi connectivity index (χ3n) is 2.21. The zero-order valence-electron chi connectivity index (χ0n) is 7.16. The zero-order valence-corrected chi connectivity index (χ0v) is 8.73. The normalized spacial score (nSPS) is 33.6. The molecular weight excluding hydrogens is 200 g/mol. The Labute approximate surface area is 77.5 Å². The van der Waals surface area contributed by atoms with E-state index < -0.39 is 14.3 Å². The molecule has 3 nitrogen and oxygen atoms in total. The molecule has 0 spiro atoms. The lowest BCUT2D eigenvalue weighted by molar-refractivity contribution is 0.0307. The number of halogens is 1. The average Bonchev–Trinajstić information content (AvgIpc) is 1.82. The van der Waals surface area contributed by atoms with Gasteiger partial charge in [-0.25, -0.2) is 8.42 Å². The zero-order chi connectivity index (χ0) is 9.35. The van der Waals surface area contributed by atoms with Crippen LogP contribution in [0.15, 0.2) is 0 Å². The molecule has 0 aromatic heterocycles. The molecule has 1 rings (SSSR count). The van der Waals surface area contributed by atoms with Crippen LogP contribution in [0.1, 0.15) is 13.8 Å². The summed E-state index contributed by atoms with van der Waals surface area (Å²) in [4.78, 5) is 0. The summed E-state index contributed by atoms with van der Waals surface area (Å²) in [5, 5.41) is -0.451. The van der Waals surface area contributed by atoms with Gasteiger partial charge in [-0.1, -0.05) is 13.8 Å². The molecule has 0 saturated carbocycles. The van der Waals surface area contributed by atoms with Crippen molar-refractivity contribution >= 4 is 19.7 Å². The quantitative estimate of drug-likeness (QED) is 0.614. The molecule has 1 aliphatic heterocycles. The first-order valence-corrected chi connectivity index (χ1v) is 6.31. The van der Waals surface area contributed by atoms with Crippen molar-refractivity contribution in [1.29, 1.82) is 0 Å². The van der Waals surface area contributed by atoms with E-state index in [0.29, 0.717) is 13.2 Å². The standard InChI is InChI=1S/C7H13ClO3S/c1-5-3-11-4-6(2)7(5)12(8,9)10/h5-7H,3-4H2,1-2H3/t5-,6-/m0/s1. The lowest BCUT2D eigenvalue weighted by Gasteiger charge is -2.31. The molecule has 0 radical (unpaired) electrons. The van der Waals surface area contributed by atoms with E-state index in [2.05, 4.69) is 0 Å². The Bertz CT molecular complexity index is 239. The van der Waals surface area contributed by atoms with Crippen molar-refractivity contribution < 1.29 is 13.2 Å². The fourth-order valence-corrected chi connectivity index (χ4v) is 4.07. The number of ether oxygens (including phenoxy) is 1.